The Labute approximate surface area is 117 Å². The van der Waals surface area contributed by atoms with Crippen LogP contribution in [0, 0.1) is 0 Å². The fourth-order valence-corrected chi connectivity index (χ4v) is 5.19. The molecule has 1 fully saturated rings. The van der Waals surface area contributed by atoms with Crippen LogP contribution in [0.3, 0.4) is 0 Å². The van der Waals surface area contributed by atoms with Crippen LogP contribution in [0.4, 0.5) is 0 Å². The van der Waals surface area contributed by atoms with Gasteiger partial charge in [0.1, 0.15) is 0 Å². The lowest BCUT2D eigenvalue weighted by Crippen LogP contribution is -2.68. The molecule has 1 saturated heterocycles. The topological polar surface area (TPSA) is 20.3 Å². The maximum Gasteiger partial charge on any atom is 0.216 e. The molecule has 2 nitrogen and oxygen atoms in total. The molecule has 0 aromatic heterocycles. The van der Waals surface area contributed by atoms with Gasteiger partial charge in [-0.2, -0.15) is 0 Å². The molecular formula is C16H25NOSi. The minimum atomic E-state index is -1.72. The van der Waals surface area contributed by atoms with E-state index in [1.165, 1.54) is 5.56 Å². The number of benzene rings is 1. The van der Waals surface area contributed by atoms with Crippen molar-refractivity contribution in [1.29, 1.82) is 0 Å². The van der Waals surface area contributed by atoms with Gasteiger partial charge in [0, 0.05) is 12.5 Å². The summed E-state index contributed by atoms with van der Waals surface area (Å²) in [4.78, 5) is 12.1. The quantitative estimate of drug-likeness (QED) is 0.606. The highest BCUT2D eigenvalue weighted by atomic mass is 28.3. The second-order valence-corrected chi connectivity index (χ2v) is 12.2. The minimum absolute atomic E-state index is 0.220. The monoisotopic (exact) mass is 275 g/mol. The Balaban J connectivity index is 2.15. The van der Waals surface area contributed by atoms with Crippen molar-refractivity contribution in [3.63, 3.8) is 0 Å². The molecule has 1 aliphatic rings. The molecule has 19 heavy (non-hydrogen) atoms. The predicted octanol–water partition coefficient (Wildman–Crippen LogP) is 3.84. The number of hydrogen-bond acceptors (Lipinski definition) is 1. The second kappa shape index (κ2) is 4.78. The molecule has 0 aliphatic carbocycles. The van der Waals surface area contributed by atoms with E-state index in [4.69, 9.17) is 0 Å². The molecule has 0 unspecified atom stereocenters. The Kier molecular flexibility index (Phi) is 3.60. The van der Waals surface area contributed by atoms with Crippen LogP contribution >= 0.6 is 0 Å². The van der Waals surface area contributed by atoms with E-state index in [1.54, 1.807) is 0 Å². The first kappa shape index (κ1) is 14.3. The van der Waals surface area contributed by atoms with E-state index in [1.807, 2.05) is 6.07 Å². The van der Waals surface area contributed by atoms with Crippen molar-refractivity contribution in [2.24, 2.45) is 0 Å². The first-order valence-electron chi connectivity index (χ1n) is 7.09. The van der Waals surface area contributed by atoms with Gasteiger partial charge in [-0.3, -0.25) is 4.79 Å². The molecule has 3 heteroatoms. The molecule has 0 bridgehead atoms. The standard InChI is InChI=1S/C16H25NOSi/c1-16(2,3)19(4,5)17-14(12-15(17)18)11-13-9-7-6-8-10-13/h6-10,14H,11-12H2,1-5H3/t14-/m0/s1. The number of β-lactam (4-membered cyclic amide) rings is 1. The third-order valence-electron chi connectivity index (χ3n) is 4.80. The number of amides is 1. The van der Waals surface area contributed by atoms with Gasteiger partial charge in [0.15, 0.2) is 8.24 Å². The fraction of sp³-hybridized carbons (Fsp3) is 0.562. The Morgan fingerprint density at radius 2 is 1.79 bits per heavy atom. The molecule has 1 aromatic rings. The smallest absolute Gasteiger partial charge is 0.216 e. The van der Waals surface area contributed by atoms with Gasteiger partial charge in [-0.1, -0.05) is 64.2 Å². The van der Waals surface area contributed by atoms with Crippen molar-refractivity contribution in [2.75, 3.05) is 0 Å². The van der Waals surface area contributed by atoms with Crippen molar-refractivity contribution in [1.82, 2.24) is 4.57 Å². The number of carbonyl (C=O) groups is 1. The highest BCUT2D eigenvalue weighted by molar-refractivity contribution is 6.79. The Hall–Kier alpha value is -1.09. The Morgan fingerprint density at radius 1 is 1.21 bits per heavy atom. The van der Waals surface area contributed by atoms with Crippen molar-refractivity contribution in [3.05, 3.63) is 35.9 Å². The zero-order valence-electron chi connectivity index (χ0n) is 12.7. The zero-order valence-corrected chi connectivity index (χ0v) is 13.7. The Bertz CT molecular complexity index is 461. The molecule has 0 N–H and O–H groups in total. The van der Waals surface area contributed by atoms with Crippen LogP contribution < -0.4 is 0 Å². The maximum absolute atomic E-state index is 12.1. The maximum atomic E-state index is 12.1. The number of hydrogen-bond donors (Lipinski definition) is 0. The summed E-state index contributed by atoms with van der Waals surface area (Å²) in [7, 11) is -1.72. The van der Waals surface area contributed by atoms with Crippen molar-refractivity contribution in [3.8, 4) is 0 Å². The summed E-state index contributed by atoms with van der Waals surface area (Å²) in [6, 6.07) is 10.9. The molecule has 104 valence electrons. The summed E-state index contributed by atoms with van der Waals surface area (Å²) in [6.07, 6.45) is 1.72. The van der Waals surface area contributed by atoms with Crippen LogP contribution in [0.1, 0.15) is 32.8 Å². The van der Waals surface area contributed by atoms with Crippen LogP contribution in [-0.4, -0.2) is 24.7 Å². The van der Waals surface area contributed by atoms with Crippen LogP contribution in [0.5, 0.6) is 0 Å². The fourth-order valence-electron chi connectivity index (χ4n) is 2.66. The van der Waals surface area contributed by atoms with Gasteiger partial charge in [0.25, 0.3) is 0 Å². The summed E-state index contributed by atoms with van der Waals surface area (Å²) >= 11 is 0. The third-order valence-corrected chi connectivity index (χ3v) is 10.3. The number of nitrogens with zero attached hydrogens (tertiary/aromatic N) is 1. The van der Waals surface area contributed by atoms with E-state index >= 15 is 0 Å². The van der Waals surface area contributed by atoms with Crippen molar-refractivity contribution < 1.29 is 4.79 Å². The minimum Gasteiger partial charge on any atom is -0.366 e. The molecule has 2 rings (SSSR count). The van der Waals surface area contributed by atoms with E-state index in [2.05, 4.69) is 62.7 Å². The first-order chi connectivity index (χ1) is 8.73. The summed E-state index contributed by atoms with van der Waals surface area (Å²) < 4.78 is 2.24. The first-order valence-corrected chi connectivity index (χ1v) is 10.0. The molecule has 0 radical (unpaired) electrons. The summed E-state index contributed by atoms with van der Waals surface area (Å²) in [5, 5.41) is 0.220. The molecule has 1 atom stereocenters. The highest BCUT2D eigenvalue weighted by Gasteiger charge is 2.51. The summed E-state index contributed by atoms with van der Waals surface area (Å²) in [5.74, 6) is 0.354. The van der Waals surface area contributed by atoms with Crippen LogP contribution in [0.25, 0.3) is 0 Å². The molecular weight excluding hydrogens is 250 g/mol. The van der Waals surface area contributed by atoms with E-state index in [-0.39, 0.29) is 5.04 Å². The third kappa shape index (κ3) is 2.61. The van der Waals surface area contributed by atoms with Gasteiger partial charge >= 0.3 is 0 Å². The Morgan fingerprint density at radius 3 is 2.26 bits per heavy atom. The second-order valence-electron chi connectivity index (χ2n) is 7.12. The number of rotatable bonds is 3. The number of carbonyl (C=O) groups excluding carboxylic acids is 1. The lowest BCUT2D eigenvalue weighted by Gasteiger charge is -2.55. The normalized spacial score (nSPS) is 20.4. The van der Waals surface area contributed by atoms with Gasteiger partial charge in [-0.05, 0) is 17.0 Å². The predicted molar refractivity (Wildman–Crippen MR) is 82.6 cm³/mol. The van der Waals surface area contributed by atoms with E-state index < -0.39 is 8.24 Å². The van der Waals surface area contributed by atoms with E-state index in [0.29, 0.717) is 11.9 Å². The zero-order chi connectivity index (χ0) is 14.3. The summed E-state index contributed by atoms with van der Waals surface area (Å²) in [5.41, 5.74) is 1.34. The van der Waals surface area contributed by atoms with Crippen LogP contribution in [-0.2, 0) is 11.2 Å². The van der Waals surface area contributed by atoms with Gasteiger partial charge in [-0.25, -0.2) is 0 Å². The van der Waals surface area contributed by atoms with Gasteiger partial charge in [0.2, 0.25) is 5.91 Å². The van der Waals surface area contributed by atoms with Gasteiger partial charge in [0.05, 0.1) is 0 Å². The SMILES string of the molecule is CC(C)(C)[Si](C)(C)N1C(=O)C[C@@H]1Cc1ccccc1. The van der Waals surface area contributed by atoms with Gasteiger partial charge in [-0.15, -0.1) is 0 Å². The lowest BCUT2D eigenvalue weighted by molar-refractivity contribution is -0.138. The summed E-state index contributed by atoms with van der Waals surface area (Å²) in [6.45, 7) is 11.4. The molecule has 0 saturated carbocycles. The average Bonchev–Trinajstić information content (AvgIpc) is 2.27. The molecule has 1 amide bonds. The van der Waals surface area contributed by atoms with Crippen LogP contribution in [0.2, 0.25) is 18.1 Å². The largest absolute Gasteiger partial charge is 0.366 e. The molecule has 1 aromatic carbocycles. The van der Waals surface area contributed by atoms with Crippen molar-refractivity contribution in [2.45, 2.75) is 57.8 Å². The molecule has 1 heterocycles. The lowest BCUT2D eigenvalue weighted by atomic mass is 9.97. The molecule has 0 spiro atoms. The van der Waals surface area contributed by atoms with Gasteiger partial charge < -0.3 is 4.57 Å². The molecule has 1 aliphatic heterocycles. The van der Waals surface area contributed by atoms with E-state index in [9.17, 15) is 4.79 Å². The highest BCUT2D eigenvalue weighted by Crippen LogP contribution is 2.43. The van der Waals surface area contributed by atoms with Crippen molar-refractivity contribution >= 4 is 14.1 Å². The van der Waals surface area contributed by atoms with Crippen LogP contribution in [0.15, 0.2) is 30.3 Å². The average molecular weight is 275 g/mol. The van der Waals surface area contributed by atoms with E-state index in [0.717, 1.165) is 12.8 Å².